The number of halogens is 1. The van der Waals surface area contributed by atoms with E-state index in [4.69, 9.17) is 26.8 Å². The molecule has 104 valence electrons. The van der Waals surface area contributed by atoms with E-state index in [1.54, 1.807) is 37.3 Å². The van der Waals surface area contributed by atoms with Crippen LogP contribution in [0.3, 0.4) is 0 Å². The molecule has 5 nitrogen and oxygen atoms in total. The third-order valence-corrected chi connectivity index (χ3v) is 3.68. The molecule has 0 bridgehead atoms. The molecule has 1 saturated heterocycles. The average molecular weight is 285 g/mol. The van der Waals surface area contributed by atoms with Crippen molar-refractivity contribution in [1.29, 1.82) is 0 Å². The third-order valence-electron chi connectivity index (χ3n) is 3.36. The molecule has 2 atom stereocenters. The Balaban J connectivity index is 2.14. The number of anilines is 1. The highest BCUT2D eigenvalue weighted by atomic mass is 35.5. The van der Waals surface area contributed by atoms with Crippen LogP contribution < -0.4 is 5.73 Å². The molecular formula is C13H17ClN2O3. The topological polar surface area (TPSA) is 64.8 Å². The first-order valence-corrected chi connectivity index (χ1v) is 6.34. The summed E-state index contributed by atoms with van der Waals surface area (Å²) in [5.41, 5.74) is 6.61. The van der Waals surface area contributed by atoms with E-state index in [2.05, 4.69) is 0 Å². The molecule has 0 aliphatic carbocycles. The Morgan fingerprint density at radius 1 is 1.32 bits per heavy atom. The number of benzene rings is 1. The van der Waals surface area contributed by atoms with Gasteiger partial charge in [0, 0.05) is 32.9 Å². The van der Waals surface area contributed by atoms with E-state index >= 15 is 0 Å². The maximum atomic E-state index is 12.3. The molecule has 2 N–H and O–H groups in total. The largest absolute Gasteiger partial charge is 0.398 e. The Kier molecular flexibility index (Phi) is 4.29. The van der Waals surface area contributed by atoms with Gasteiger partial charge in [0.25, 0.3) is 5.91 Å². The van der Waals surface area contributed by atoms with Crippen LogP contribution in [0, 0.1) is 0 Å². The number of hydrogen-bond donors (Lipinski definition) is 1. The van der Waals surface area contributed by atoms with E-state index in [0.717, 1.165) is 0 Å². The van der Waals surface area contributed by atoms with Gasteiger partial charge in [-0.2, -0.15) is 0 Å². The molecule has 6 heteroatoms. The van der Waals surface area contributed by atoms with Gasteiger partial charge in [0.05, 0.1) is 10.7 Å². The van der Waals surface area contributed by atoms with E-state index in [1.807, 2.05) is 0 Å². The van der Waals surface area contributed by atoms with E-state index in [1.165, 1.54) is 0 Å². The summed E-state index contributed by atoms with van der Waals surface area (Å²) >= 11 is 5.93. The lowest BCUT2D eigenvalue weighted by molar-refractivity contribution is -0.00461. The molecule has 1 fully saturated rings. The molecule has 1 heterocycles. The number of likely N-dealkylation sites (tertiary alicyclic amines) is 1. The lowest BCUT2D eigenvalue weighted by Crippen LogP contribution is -2.30. The highest BCUT2D eigenvalue weighted by Crippen LogP contribution is 2.23. The van der Waals surface area contributed by atoms with Crippen molar-refractivity contribution in [3.8, 4) is 0 Å². The minimum absolute atomic E-state index is 0.0940. The number of hydrogen-bond acceptors (Lipinski definition) is 4. The van der Waals surface area contributed by atoms with Crippen LogP contribution in [0.4, 0.5) is 5.69 Å². The summed E-state index contributed by atoms with van der Waals surface area (Å²) in [6.45, 7) is 1.02. The van der Waals surface area contributed by atoms with Crippen molar-refractivity contribution < 1.29 is 14.3 Å². The fraction of sp³-hybridized carbons (Fsp3) is 0.462. The lowest BCUT2D eigenvalue weighted by atomic mass is 10.2. The van der Waals surface area contributed by atoms with Crippen molar-refractivity contribution >= 4 is 23.2 Å². The van der Waals surface area contributed by atoms with Gasteiger partial charge in [-0.1, -0.05) is 11.6 Å². The standard InChI is InChI=1S/C13H17ClN2O3/c1-18-11-6-16(7-12(11)19-2)13(17)8-3-4-10(15)9(14)5-8/h3-5,11-12H,6-7,15H2,1-2H3. The fourth-order valence-electron chi connectivity index (χ4n) is 2.21. The van der Waals surface area contributed by atoms with Crippen molar-refractivity contribution in [2.75, 3.05) is 33.0 Å². The maximum absolute atomic E-state index is 12.3. The fourth-order valence-corrected chi connectivity index (χ4v) is 2.39. The van der Waals surface area contributed by atoms with E-state index in [-0.39, 0.29) is 18.1 Å². The van der Waals surface area contributed by atoms with Crippen LogP contribution in [0.5, 0.6) is 0 Å². The van der Waals surface area contributed by atoms with Gasteiger partial charge in [0.15, 0.2) is 0 Å². The van der Waals surface area contributed by atoms with Crippen molar-refractivity contribution in [1.82, 2.24) is 4.90 Å². The van der Waals surface area contributed by atoms with Crippen LogP contribution in [0.15, 0.2) is 18.2 Å². The van der Waals surface area contributed by atoms with Gasteiger partial charge in [-0.05, 0) is 18.2 Å². The van der Waals surface area contributed by atoms with Crippen LogP contribution in [0.2, 0.25) is 5.02 Å². The molecule has 1 aliphatic rings. The number of ether oxygens (including phenoxy) is 2. The summed E-state index contributed by atoms with van der Waals surface area (Å²) in [7, 11) is 3.23. The monoisotopic (exact) mass is 284 g/mol. The maximum Gasteiger partial charge on any atom is 0.254 e. The summed E-state index contributed by atoms with van der Waals surface area (Å²) in [4.78, 5) is 14.0. The van der Waals surface area contributed by atoms with Crippen LogP contribution in [-0.2, 0) is 9.47 Å². The number of nitrogens with zero attached hydrogens (tertiary/aromatic N) is 1. The van der Waals surface area contributed by atoms with Gasteiger partial charge in [-0.15, -0.1) is 0 Å². The predicted octanol–water partition coefficient (Wildman–Crippen LogP) is 1.41. The molecule has 1 amide bonds. The molecule has 0 aromatic heterocycles. The first-order chi connectivity index (χ1) is 9.06. The number of methoxy groups -OCH3 is 2. The number of amides is 1. The Bertz CT molecular complexity index is 469. The van der Waals surface area contributed by atoms with E-state index < -0.39 is 0 Å². The van der Waals surface area contributed by atoms with Gasteiger partial charge in [0.2, 0.25) is 0 Å². The zero-order valence-corrected chi connectivity index (χ0v) is 11.7. The zero-order chi connectivity index (χ0) is 14.0. The molecule has 2 rings (SSSR count). The Morgan fingerprint density at radius 3 is 2.37 bits per heavy atom. The smallest absolute Gasteiger partial charge is 0.254 e. The highest BCUT2D eigenvalue weighted by Gasteiger charge is 2.35. The van der Waals surface area contributed by atoms with Gasteiger partial charge in [-0.25, -0.2) is 0 Å². The molecule has 1 aliphatic heterocycles. The second kappa shape index (κ2) is 5.77. The number of carbonyl (C=O) groups excluding carboxylic acids is 1. The average Bonchev–Trinajstić information content (AvgIpc) is 2.84. The Hall–Kier alpha value is -1.30. The highest BCUT2D eigenvalue weighted by molar-refractivity contribution is 6.33. The van der Waals surface area contributed by atoms with E-state index in [9.17, 15) is 4.79 Å². The van der Waals surface area contributed by atoms with Crippen molar-refractivity contribution in [3.05, 3.63) is 28.8 Å². The number of rotatable bonds is 3. The van der Waals surface area contributed by atoms with Crippen LogP contribution in [0.1, 0.15) is 10.4 Å². The lowest BCUT2D eigenvalue weighted by Gasteiger charge is -2.16. The van der Waals surface area contributed by atoms with Crippen LogP contribution in [0.25, 0.3) is 0 Å². The normalized spacial score (nSPS) is 22.8. The zero-order valence-electron chi connectivity index (χ0n) is 10.9. The Morgan fingerprint density at radius 2 is 1.89 bits per heavy atom. The summed E-state index contributed by atoms with van der Waals surface area (Å²) in [5.74, 6) is -0.0940. The molecule has 0 spiro atoms. The molecular weight excluding hydrogens is 268 g/mol. The number of nitrogen functional groups attached to an aromatic ring is 1. The van der Waals surface area contributed by atoms with E-state index in [0.29, 0.717) is 29.4 Å². The molecule has 2 unspecified atom stereocenters. The second-order valence-corrected chi connectivity index (χ2v) is 4.90. The third kappa shape index (κ3) is 2.83. The summed E-state index contributed by atoms with van der Waals surface area (Å²) in [6, 6.07) is 4.89. The quantitative estimate of drug-likeness (QED) is 0.853. The van der Waals surface area contributed by atoms with Gasteiger partial charge < -0.3 is 20.1 Å². The second-order valence-electron chi connectivity index (χ2n) is 4.49. The van der Waals surface area contributed by atoms with Gasteiger partial charge in [-0.3, -0.25) is 4.79 Å². The summed E-state index contributed by atoms with van der Waals surface area (Å²) in [6.07, 6.45) is -0.198. The predicted molar refractivity (Wildman–Crippen MR) is 73.4 cm³/mol. The van der Waals surface area contributed by atoms with Gasteiger partial charge >= 0.3 is 0 Å². The SMILES string of the molecule is COC1CN(C(=O)c2ccc(N)c(Cl)c2)CC1OC. The van der Waals surface area contributed by atoms with Crippen LogP contribution >= 0.6 is 11.6 Å². The van der Waals surface area contributed by atoms with Gasteiger partial charge in [0.1, 0.15) is 12.2 Å². The van der Waals surface area contributed by atoms with Crippen molar-refractivity contribution in [2.45, 2.75) is 12.2 Å². The summed E-state index contributed by atoms with van der Waals surface area (Å²) in [5, 5.41) is 0.386. The first-order valence-electron chi connectivity index (χ1n) is 5.96. The first kappa shape index (κ1) is 14.1. The number of carbonyl (C=O) groups is 1. The number of nitrogens with two attached hydrogens (primary N) is 1. The Labute approximate surface area is 117 Å². The summed E-state index contributed by atoms with van der Waals surface area (Å²) < 4.78 is 10.6. The molecule has 19 heavy (non-hydrogen) atoms. The minimum atomic E-state index is -0.0989. The molecule has 1 aromatic rings. The van der Waals surface area contributed by atoms with Crippen LogP contribution in [-0.4, -0.2) is 50.3 Å². The van der Waals surface area contributed by atoms with Crippen molar-refractivity contribution in [2.24, 2.45) is 0 Å². The molecule has 0 radical (unpaired) electrons. The molecule has 1 aromatic carbocycles. The van der Waals surface area contributed by atoms with Crippen molar-refractivity contribution in [3.63, 3.8) is 0 Å². The molecule has 0 saturated carbocycles. The minimum Gasteiger partial charge on any atom is -0.398 e.